The monoisotopic (exact) mass is 228 g/mol. The van der Waals surface area contributed by atoms with Gasteiger partial charge in [-0.15, -0.1) is 0 Å². The van der Waals surface area contributed by atoms with E-state index in [1.54, 1.807) is 0 Å². The van der Waals surface area contributed by atoms with Crippen LogP contribution in [0.3, 0.4) is 0 Å². The molecule has 1 aromatic heterocycles. The summed E-state index contributed by atoms with van der Waals surface area (Å²) in [5.74, 6) is 0.463. The van der Waals surface area contributed by atoms with Crippen molar-refractivity contribution in [3.8, 4) is 0 Å². The first-order valence-corrected chi connectivity index (χ1v) is 5.54. The van der Waals surface area contributed by atoms with Gasteiger partial charge < -0.3 is 0 Å². The van der Waals surface area contributed by atoms with Gasteiger partial charge in [-0.1, -0.05) is 24.4 Å². The van der Waals surface area contributed by atoms with Gasteiger partial charge in [-0.2, -0.15) is 0 Å². The SMILES string of the molecule is O=c1cc(Cl)[nH]c(=O)n1CC1CCCC1. The van der Waals surface area contributed by atoms with Crippen molar-refractivity contribution in [3.63, 3.8) is 0 Å². The second-order valence-corrected chi connectivity index (χ2v) is 4.43. The summed E-state index contributed by atoms with van der Waals surface area (Å²) < 4.78 is 1.24. The quantitative estimate of drug-likeness (QED) is 0.778. The van der Waals surface area contributed by atoms with Gasteiger partial charge in [0.1, 0.15) is 5.15 Å². The Morgan fingerprint density at radius 3 is 2.67 bits per heavy atom. The Morgan fingerprint density at radius 1 is 1.40 bits per heavy atom. The standard InChI is InChI=1S/C10H13ClN2O2/c11-8-5-9(14)13(10(15)12-8)6-7-3-1-2-4-7/h5,7H,1-4,6H2,(H,12,15). The van der Waals surface area contributed by atoms with E-state index in [0.29, 0.717) is 12.5 Å². The molecule has 0 spiro atoms. The lowest BCUT2D eigenvalue weighted by Gasteiger charge is -2.09. The molecule has 0 saturated heterocycles. The van der Waals surface area contributed by atoms with Gasteiger partial charge in [0.15, 0.2) is 0 Å². The third kappa shape index (κ3) is 2.31. The molecule has 4 nitrogen and oxygen atoms in total. The van der Waals surface area contributed by atoms with Crippen LogP contribution in [0.15, 0.2) is 15.7 Å². The minimum atomic E-state index is -0.403. The second-order valence-electron chi connectivity index (χ2n) is 4.02. The summed E-state index contributed by atoms with van der Waals surface area (Å²) in [7, 11) is 0. The van der Waals surface area contributed by atoms with E-state index >= 15 is 0 Å². The Hall–Kier alpha value is -1.03. The van der Waals surface area contributed by atoms with Gasteiger partial charge in [-0.25, -0.2) is 4.79 Å². The molecule has 2 rings (SSSR count). The molecule has 0 aromatic carbocycles. The van der Waals surface area contributed by atoms with Gasteiger partial charge in [0.2, 0.25) is 0 Å². The zero-order valence-corrected chi connectivity index (χ0v) is 9.09. The lowest BCUT2D eigenvalue weighted by Crippen LogP contribution is -2.36. The van der Waals surface area contributed by atoms with Crippen LogP contribution in [0.2, 0.25) is 5.15 Å². The van der Waals surface area contributed by atoms with Crippen LogP contribution < -0.4 is 11.2 Å². The fraction of sp³-hybridized carbons (Fsp3) is 0.600. The number of rotatable bonds is 2. The molecule has 82 valence electrons. The molecule has 15 heavy (non-hydrogen) atoms. The number of H-pyrrole nitrogens is 1. The molecular weight excluding hydrogens is 216 g/mol. The Bertz CT molecular complexity index is 426. The molecule has 1 saturated carbocycles. The number of hydrogen-bond acceptors (Lipinski definition) is 2. The molecule has 0 amide bonds. The summed E-state index contributed by atoms with van der Waals surface area (Å²) >= 11 is 5.57. The number of aromatic nitrogens is 2. The second kappa shape index (κ2) is 4.23. The lowest BCUT2D eigenvalue weighted by atomic mass is 10.1. The predicted molar refractivity (Wildman–Crippen MR) is 58.3 cm³/mol. The van der Waals surface area contributed by atoms with Gasteiger partial charge in [-0.3, -0.25) is 14.3 Å². The van der Waals surface area contributed by atoms with E-state index in [-0.39, 0.29) is 10.7 Å². The maximum Gasteiger partial charge on any atom is 0.329 e. The predicted octanol–water partition coefficient (Wildman–Crippen LogP) is 1.38. The first-order chi connectivity index (χ1) is 7.16. The third-order valence-corrected chi connectivity index (χ3v) is 3.11. The highest BCUT2D eigenvalue weighted by molar-refractivity contribution is 6.29. The Kier molecular flexibility index (Phi) is 2.95. The van der Waals surface area contributed by atoms with Gasteiger partial charge in [0.25, 0.3) is 5.56 Å². The first-order valence-electron chi connectivity index (χ1n) is 5.16. The van der Waals surface area contributed by atoms with E-state index in [0.717, 1.165) is 12.8 Å². The van der Waals surface area contributed by atoms with Gasteiger partial charge in [0, 0.05) is 12.6 Å². The van der Waals surface area contributed by atoms with Crippen LogP contribution in [0.1, 0.15) is 25.7 Å². The number of halogens is 1. The van der Waals surface area contributed by atoms with Crippen LogP contribution in [-0.2, 0) is 6.54 Å². The van der Waals surface area contributed by atoms with Crippen molar-refractivity contribution >= 4 is 11.6 Å². The molecule has 1 aliphatic rings. The summed E-state index contributed by atoms with van der Waals surface area (Å²) in [5, 5.41) is 0.104. The zero-order chi connectivity index (χ0) is 10.8. The molecule has 0 unspecified atom stereocenters. The van der Waals surface area contributed by atoms with Crippen LogP contribution in [0, 0.1) is 5.92 Å². The van der Waals surface area contributed by atoms with Crippen LogP contribution in [0.25, 0.3) is 0 Å². The molecule has 0 aliphatic heterocycles. The summed E-state index contributed by atoms with van der Waals surface area (Å²) in [6, 6.07) is 1.25. The fourth-order valence-corrected chi connectivity index (χ4v) is 2.29. The molecule has 1 heterocycles. The molecule has 1 aromatic rings. The number of nitrogens with one attached hydrogen (secondary N) is 1. The summed E-state index contributed by atoms with van der Waals surface area (Å²) in [4.78, 5) is 25.4. The molecule has 1 aliphatic carbocycles. The molecule has 1 fully saturated rings. The number of nitrogens with zero attached hydrogens (tertiary/aromatic N) is 1. The topological polar surface area (TPSA) is 54.9 Å². The Morgan fingerprint density at radius 2 is 2.07 bits per heavy atom. The van der Waals surface area contributed by atoms with Crippen molar-refractivity contribution < 1.29 is 0 Å². The minimum Gasteiger partial charge on any atom is -0.298 e. The lowest BCUT2D eigenvalue weighted by molar-refractivity contribution is 0.436. The smallest absolute Gasteiger partial charge is 0.298 e. The normalized spacial score (nSPS) is 17.1. The van der Waals surface area contributed by atoms with E-state index in [1.807, 2.05) is 0 Å². The summed E-state index contributed by atoms with van der Waals surface area (Å²) in [6.45, 7) is 0.519. The fourth-order valence-electron chi connectivity index (χ4n) is 2.12. The van der Waals surface area contributed by atoms with E-state index in [9.17, 15) is 9.59 Å². The van der Waals surface area contributed by atoms with Gasteiger partial charge in [0.05, 0.1) is 0 Å². The van der Waals surface area contributed by atoms with Crippen molar-refractivity contribution in [1.82, 2.24) is 9.55 Å². The van der Waals surface area contributed by atoms with Crippen LogP contribution in [-0.4, -0.2) is 9.55 Å². The van der Waals surface area contributed by atoms with E-state index in [2.05, 4.69) is 4.98 Å². The van der Waals surface area contributed by atoms with Crippen molar-refractivity contribution in [2.24, 2.45) is 5.92 Å². The molecule has 0 radical (unpaired) electrons. The van der Waals surface area contributed by atoms with Crippen molar-refractivity contribution in [2.45, 2.75) is 32.2 Å². The average molecular weight is 229 g/mol. The van der Waals surface area contributed by atoms with Crippen LogP contribution in [0.4, 0.5) is 0 Å². The van der Waals surface area contributed by atoms with Crippen molar-refractivity contribution in [3.05, 3.63) is 32.1 Å². The maximum absolute atomic E-state index is 11.5. The molecule has 0 atom stereocenters. The average Bonchev–Trinajstić information content (AvgIpc) is 2.63. The van der Waals surface area contributed by atoms with Crippen LogP contribution >= 0.6 is 11.6 Å². The van der Waals surface area contributed by atoms with E-state index < -0.39 is 5.69 Å². The molecule has 5 heteroatoms. The highest BCUT2D eigenvalue weighted by Gasteiger charge is 2.17. The summed E-state index contributed by atoms with van der Waals surface area (Å²) in [6.07, 6.45) is 4.61. The van der Waals surface area contributed by atoms with Gasteiger partial charge >= 0.3 is 5.69 Å². The number of hydrogen-bond donors (Lipinski definition) is 1. The highest BCUT2D eigenvalue weighted by Crippen LogP contribution is 2.25. The van der Waals surface area contributed by atoms with E-state index in [1.165, 1.54) is 23.5 Å². The third-order valence-electron chi connectivity index (χ3n) is 2.90. The molecule has 0 bridgehead atoms. The Labute approximate surface area is 91.9 Å². The number of aromatic amines is 1. The van der Waals surface area contributed by atoms with Crippen molar-refractivity contribution in [1.29, 1.82) is 0 Å². The maximum atomic E-state index is 11.5. The van der Waals surface area contributed by atoms with E-state index in [4.69, 9.17) is 11.6 Å². The first kappa shape index (κ1) is 10.5. The summed E-state index contributed by atoms with van der Waals surface area (Å²) in [5.41, 5.74) is -0.713. The highest BCUT2D eigenvalue weighted by atomic mass is 35.5. The zero-order valence-electron chi connectivity index (χ0n) is 8.33. The van der Waals surface area contributed by atoms with Crippen LogP contribution in [0.5, 0.6) is 0 Å². The van der Waals surface area contributed by atoms with Crippen molar-refractivity contribution in [2.75, 3.05) is 0 Å². The molecular formula is C10H13ClN2O2. The minimum absolute atomic E-state index is 0.104. The van der Waals surface area contributed by atoms with Gasteiger partial charge in [-0.05, 0) is 18.8 Å². The Balaban J connectivity index is 2.28. The largest absolute Gasteiger partial charge is 0.329 e. The molecule has 1 N–H and O–H groups in total.